The van der Waals surface area contributed by atoms with E-state index in [1.165, 1.54) is 4.57 Å². The van der Waals surface area contributed by atoms with Gasteiger partial charge in [-0.05, 0) is 50.3 Å². The van der Waals surface area contributed by atoms with Crippen LogP contribution in [0, 0.1) is 0 Å². The molecular weight excluding hydrogens is 414 g/mol. The normalized spacial score (nSPS) is 14.4. The molecule has 0 N–H and O–H groups in total. The van der Waals surface area contributed by atoms with Crippen LogP contribution in [0.25, 0.3) is 28.2 Å². The molecule has 0 saturated heterocycles. The number of hydrogen-bond acceptors (Lipinski definition) is 4. The van der Waals surface area contributed by atoms with Crippen molar-refractivity contribution in [3.05, 3.63) is 94.5 Å². The van der Waals surface area contributed by atoms with Crippen LogP contribution in [0.4, 0.5) is 5.69 Å². The highest BCUT2D eigenvalue weighted by atomic mass is 16.5. The quantitative estimate of drug-likeness (QED) is 0.435. The number of ether oxygens (including phenoxy) is 1. The van der Waals surface area contributed by atoms with Crippen LogP contribution in [0.2, 0.25) is 0 Å². The number of aromatic nitrogens is 2. The van der Waals surface area contributed by atoms with Gasteiger partial charge in [-0.3, -0.25) is 14.2 Å². The Morgan fingerprint density at radius 1 is 0.879 bits per heavy atom. The number of nitrogens with zero attached hydrogens (tertiary/aromatic N) is 3. The molecule has 4 aromatic rings. The lowest BCUT2D eigenvalue weighted by Gasteiger charge is -2.21. The van der Waals surface area contributed by atoms with E-state index in [0.717, 1.165) is 11.3 Å². The fraction of sp³-hybridized carbons (Fsp3) is 0.148. The predicted octanol–water partition coefficient (Wildman–Crippen LogP) is 4.69. The van der Waals surface area contributed by atoms with Gasteiger partial charge in [0.2, 0.25) is 0 Å². The van der Waals surface area contributed by atoms with E-state index in [2.05, 4.69) is 0 Å². The van der Waals surface area contributed by atoms with Crippen LogP contribution in [0.3, 0.4) is 0 Å². The van der Waals surface area contributed by atoms with Crippen LogP contribution in [0.5, 0.6) is 5.75 Å². The standard InChI is InChI=1S/C27H23N3O3/c1-17(2)29-22-13-7-5-10-18(22)20(27(29)32)16-25-28-21-12-6-4-11-19(21)26(31)30(25)23-14-8-9-15-24(23)33-3/h4-17H,1-3H3/b20-16+. The van der Waals surface area contributed by atoms with Gasteiger partial charge in [0.1, 0.15) is 11.6 Å². The molecule has 1 aliphatic rings. The van der Waals surface area contributed by atoms with Crippen LogP contribution in [0.15, 0.2) is 77.6 Å². The summed E-state index contributed by atoms with van der Waals surface area (Å²) < 4.78 is 7.05. The Kier molecular flexibility index (Phi) is 5.05. The predicted molar refractivity (Wildman–Crippen MR) is 131 cm³/mol. The number of carbonyl (C=O) groups excluding carboxylic acids is 1. The zero-order valence-corrected chi connectivity index (χ0v) is 18.6. The van der Waals surface area contributed by atoms with Crippen LogP contribution in [-0.2, 0) is 4.79 Å². The summed E-state index contributed by atoms with van der Waals surface area (Å²) in [4.78, 5) is 33.6. The fourth-order valence-electron chi connectivity index (χ4n) is 4.34. The molecule has 1 aromatic heterocycles. The molecule has 5 rings (SSSR count). The first-order chi connectivity index (χ1) is 16.0. The smallest absolute Gasteiger partial charge is 0.266 e. The van der Waals surface area contributed by atoms with Gasteiger partial charge in [-0.1, -0.05) is 42.5 Å². The summed E-state index contributed by atoms with van der Waals surface area (Å²) in [6, 6.07) is 22.2. The number of anilines is 1. The Morgan fingerprint density at radius 3 is 2.30 bits per heavy atom. The van der Waals surface area contributed by atoms with Gasteiger partial charge in [0.15, 0.2) is 0 Å². The molecule has 1 aliphatic heterocycles. The lowest BCUT2D eigenvalue weighted by atomic mass is 10.1. The largest absolute Gasteiger partial charge is 0.495 e. The van der Waals surface area contributed by atoms with E-state index in [1.54, 1.807) is 36.3 Å². The number of methoxy groups -OCH3 is 1. The van der Waals surface area contributed by atoms with Gasteiger partial charge >= 0.3 is 0 Å². The van der Waals surface area contributed by atoms with E-state index in [0.29, 0.717) is 33.7 Å². The average Bonchev–Trinajstić information content (AvgIpc) is 3.11. The van der Waals surface area contributed by atoms with Gasteiger partial charge in [0, 0.05) is 11.6 Å². The third-order valence-corrected chi connectivity index (χ3v) is 5.82. The maximum absolute atomic E-state index is 13.6. The number of rotatable bonds is 4. The van der Waals surface area contributed by atoms with Crippen molar-refractivity contribution in [2.24, 2.45) is 0 Å². The first kappa shape index (κ1) is 20.7. The molecule has 0 unspecified atom stereocenters. The van der Waals surface area contributed by atoms with Crippen molar-refractivity contribution in [2.45, 2.75) is 19.9 Å². The van der Waals surface area contributed by atoms with E-state index < -0.39 is 0 Å². The number of fused-ring (bicyclic) bond motifs is 2. The second-order valence-electron chi connectivity index (χ2n) is 8.14. The summed E-state index contributed by atoms with van der Waals surface area (Å²) in [5, 5.41) is 0.493. The van der Waals surface area contributed by atoms with Crippen molar-refractivity contribution < 1.29 is 9.53 Å². The molecule has 0 saturated carbocycles. The van der Waals surface area contributed by atoms with Gasteiger partial charge in [0.25, 0.3) is 11.5 Å². The molecule has 6 nitrogen and oxygen atoms in total. The van der Waals surface area contributed by atoms with E-state index in [9.17, 15) is 9.59 Å². The summed E-state index contributed by atoms with van der Waals surface area (Å²) >= 11 is 0. The van der Waals surface area contributed by atoms with Crippen LogP contribution in [-0.4, -0.2) is 28.6 Å². The minimum atomic E-state index is -0.226. The van der Waals surface area contributed by atoms with Gasteiger partial charge in [-0.2, -0.15) is 0 Å². The summed E-state index contributed by atoms with van der Waals surface area (Å²) in [5.74, 6) is 0.797. The maximum atomic E-state index is 13.6. The highest BCUT2D eigenvalue weighted by Gasteiger charge is 2.34. The highest BCUT2D eigenvalue weighted by molar-refractivity contribution is 6.35. The van der Waals surface area contributed by atoms with Crippen LogP contribution in [0.1, 0.15) is 25.2 Å². The molecule has 0 bridgehead atoms. The lowest BCUT2D eigenvalue weighted by molar-refractivity contribution is -0.113. The van der Waals surface area contributed by atoms with Crippen molar-refractivity contribution in [1.29, 1.82) is 0 Å². The van der Waals surface area contributed by atoms with Crippen molar-refractivity contribution in [2.75, 3.05) is 12.0 Å². The molecule has 33 heavy (non-hydrogen) atoms. The van der Waals surface area contributed by atoms with E-state index in [-0.39, 0.29) is 17.5 Å². The van der Waals surface area contributed by atoms with Gasteiger partial charge in [-0.15, -0.1) is 0 Å². The molecule has 0 fully saturated rings. The van der Waals surface area contributed by atoms with E-state index in [1.807, 2.05) is 68.4 Å². The third-order valence-electron chi connectivity index (χ3n) is 5.82. The van der Waals surface area contributed by atoms with Crippen LogP contribution >= 0.6 is 0 Å². The number of benzene rings is 3. The first-order valence-electron chi connectivity index (χ1n) is 10.8. The summed E-state index contributed by atoms with van der Waals surface area (Å²) in [6.07, 6.45) is 1.71. The van der Waals surface area contributed by atoms with Gasteiger partial charge in [0.05, 0.1) is 35.0 Å². The fourth-order valence-corrected chi connectivity index (χ4v) is 4.34. The Hall–Kier alpha value is -4.19. The zero-order valence-electron chi connectivity index (χ0n) is 18.6. The second kappa shape index (κ2) is 8.06. The second-order valence-corrected chi connectivity index (χ2v) is 8.14. The molecule has 3 aromatic carbocycles. The summed E-state index contributed by atoms with van der Waals surface area (Å²) in [7, 11) is 1.56. The molecule has 1 amide bonds. The lowest BCUT2D eigenvalue weighted by Crippen LogP contribution is -2.33. The third kappa shape index (κ3) is 3.31. The van der Waals surface area contributed by atoms with E-state index in [4.69, 9.17) is 9.72 Å². The monoisotopic (exact) mass is 437 g/mol. The van der Waals surface area contributed by atoms with E-state index >= 15 is 0 Å². The van der Waals surface area contributed by atoms with Crippen molar-refractivity contribution >= 4 is 34.1 Å². The number of hydrogen-bond donors (Lipinski definition) is 0. The molecule has 2 heterocycles. The van der Waals surface area contributed by atoms with Crippen LogP contribution < -0.4 is 15.2 Å². The average molecular weight is 437 g/mol. The molecule has 0 aliphatic carbocycles. The number of amides is 1. The minimum Gasteiger partial charge on any atom is -0.495 e. The Bertz CT molecular complexity index is 1480. The molecule has 0 radical (unpaired) electrons. The number of carbonyl (C=O) groups is 1. The molecule has 0 spiro atoms. The van der Waals surface area contributed by atoms with Crippen molar-refractivity contribution in [3.63, 3.8) is 0 Å². The first-order valence-corrected chi connectivity index (χ1v) is 10.8. The Labute approximate surface area is 191 Å². The number of para-hydroxylation sites is 4. The minimum absolute atomic E-state index is 0.00878. The Balaban J connectivity index is 1.83. The van der Waals surface area contributed by atoms with Crippen molar-refractivity contribution in [3.8, 4) is 11.4 Å². The molecular formula is C27H23N3O3. The topological polar surface area (TPSA) is 64.4 Å². The SMILES string of the molecule is COc1ccccc1-n1c(/C=C2/C(=O)N(C(C)C)c3ccccc32)nc2ccccc2c1=O. The van der Waals surface area contributed by atoms with Crippen molar-refractivity contribution in [1.82, 2.24) is 9.55 Å². The molecule has 6 heteroatoms. The highest BCUT2D eigenvalue weighted by Crippen LogP contribution is 2.39. The Morgan fingerprint density at radius 2 is 1.55 bits per heavy atom. The molecule has 0 atom stereocenters. The molecule has 164 valence electrons. The van der Waals surface area contributed by atoms with Gasteiger partial charge < -0.3 is 9.64 Å². The maximum Gasteiger partial charge on any atom is 0.266 e. The summed E-state index contributed by atoms with van der Waals surface area (Å²) in [5.41, 5.74) is 3.09. The zero-order chi connectivity index (χ0) is 23.1. The summed E-state index contributed by atoms with van der Waals surface area (Å²) in [6.45, 7) is 3.97. The van der Waals surface area contributed by atoms with Gasteiger partial charge in [-0.25, -0.2) is 4.98 Å².